The normalized spacial score (nSPS) is 11.7. The number of halogens is 1. The number of hydrogen-bond acceptors (Lipinski definition) is 3. The lowest BCUT2D eigenvalue weighted by Crippen LogP contribution is -2.17. The summed E-state index contributed by atoms with van der Waals surface area (Å²) in [6.07, 6.45) is 4.43. The van der Waals surface area contributed by atoms with Gasteiger partial charge in [-0.3, -0.25) is 9.89 Å². The summed E-state index contributed by atoms with van der Waals surface area (Å²) in [6, 6.07) is 19.7. The minimum absolute atomic E-state index is 0.352. The molecule has 0 aliphatic carbocycles. The summed E-state index contributed by atoms with van der Waals surface area (Å²) >= 11 is 3.41. The third-order valence-electron chi connectivity index (χ3n) is 3.94. The van der Waals surface area contributed by atoms with Crippen molar-refractivity contribution in [1.82, 2.24) is 15.6 Å². The molecular weight excluding hydrogens is 404 g/mol. The molecule has 5 nitrogen and oxygen atoms in total. The van der Waals surface area contributed by atoms with Crippen molar-refractivity contribution < 1.29 is 4.79 Å². The lowest BCUT2D eigenvalue weighted by molar-refractivity contribution is 0.0950. The number of H-pyrrole nitrogens is 1. The van der Waals surface area contributed by atoms with Crippen molar-refractivity contribution in [2.24, 2.45) is 5.10 Å². The number of nitrogens with zero attached hydrogens (tertiary/aromatic N) is 2. The van der Waals surface area contributed by atoms with Crippen LogP contribution in [0.1, 0.15) is 28.5 Å². The van der Waals surface area contributed by atoms with Gasteiger partial charge in [0.1, 0.15) is 5.69 Å². The summed E-state index contributed by atoms with van der Waals surface area (Å²) in [5.74, 6) is -0.352. The zero-order valence-corrected chi connectivity index (χ0v) is 16.4. The van der Waals surface area contributed by atoms with E-state index >= 15 is 0 Å². The predicted molar refractivity (Wildman–Crippen MR) is 113 cm³/mol. The topological polar surface area (TPSA) is 70.1 Å². The van der Waals surface area contributed by atoms with Crippen molar-refractivity contribution in [3.05, 3.63) is 82.0 Å². The Balaban J connectivity index is 1.61. The van der Waals surface area contributed by atoms with Crippen LogP contribution in [0.2, 0.25) is 0 Å². The highest BCUT2D eigenvalue weighted by molar-refractivity contribution is 9.12. The Bertz CT molecular complexity index is 959. The number of allylic oxidation sites excluding steroid dienone is 1. The molecule has 0 aliphatic rings. The highest BCUT2D eigenvalue weighted by Gasteiger charge is 2.10. The van der Waals surface area contributed by atoms with Crippen molar-refractivity contribution >= 4 is 34.1 Å². The average molecular weight is 423 g/mol. The number of rotatable bonds is 6. The molecule has 1 aromatic heterocycles. The number of aryl methyl sites for hydroxylation is 1. The number of hydrazone groups is 1. The van der Waals surface area contributed by atoms with Gasteiger partial charge in [0.25, 0.3) is 5.91 Å². The molecule has 0 bridgehead atoms. The molecule has 0 spiro atoms. The minimum atomic E-state index is -0.352. The van der Waals surface area contributed by atoms with E-state index in [0.717, 1.165) is 27.7 Å². The number of nitrogens with one attached hydrogen (secondary N) is 2. The van der Waals surface area contributed by atoms with Gasteiger partial charge in [-0.25, -0.2) is 5.43 Å². The highest BCUT2D eigenvalue weighted by atomic mass is 79.9. The summed E-state index contributed by atoms with van der Waals surface area (Å²) in [5, 5.41) is 10.9. The molecule has 1 heterocycles. The lowest BCUT2D eigenvalue weighted by Gasteiger charge is -1.98. The van der Waals surface area contributed by atoms with E-state index in [0.29, 0.717) is 5.69 Å². The fourth-order valence-corrected chi connectivity index (χ4v) is 2.82. The first-order valence-corrected chi connectivity index (χ1v) is 9.35. The molecular formula is C21H19BrN4O. The maximum Gasteiger partial charge on any atom is 0.289 e. The Morgan fingerprint density at radius 3 is 2.63 bits per heavy atom. The van der Waals surface area contributed by atoms with Gasteiger partial charge in [-0.1, -0.05) is 61.5 Å². The number of carbonyl (C=O) groups excluding carboxylic acids is 1. The van der Waals surface area contributed by atoms with Crippen molar-refractivity contribution in [3.63, 3.8) is 0 Å². The standard InChI is InChI=1S/C21H19BrN4O/c1-2-15-8-10-17(11-9-15)19-13-20(25-24-19)21(27)26-23-14-18(22)12-16-6-4-3-5-7-16/h3-14H,2H2,1H3,(H,24,25)(H,26,27)/b18-12-,23-14+. The van der Waals surface area contributed by atoms with E-state index in [1.807, 2.05) is 48.5 Å². The molecule has 1 amide bonds. The number of benzene rings is 2. The molecule has 0 unspecified atom stereocenters. The molecule has 0 saturated carbocycles. The van der Waals surface area contributed by atoms with E-state index in [2.05, 4.69) is 55.7 Å². The molecule has 3 aromatic rings. The second-order valence-electron chi connectivity index (χ2n) is 5.86. The summed E-state index contributed by atoms with van der Waals surface area (Å²) in [5.41, 5.74) is 6.81. The quantitative estimate of drug-likeness (QED) is 0.442. The summed E-state index contributed by atoms with van der Waals surface area (Å²) < 4.78 is 0.746. The second-order valence-corrected chi connectivity index (χ2v) is 6.77. The fourth-order valence-electron chi connectivity index (χ4n) is 2.46. The fraction of sp³-hybridized carbons (Fsp3) is 0.0952. The van der Waals surface area contributed by atoms with E-state index in [-0.39, 0.29) is 5.91 Å². The van der Waals surface area contributed by atoms with Crippen molar-refractivity contribution in [1.29, 1.82) is 0 Å². The molecule has 0 radical (unpaired) electrons. The number of carbonyl (C=O) groups is 1. The average Bonchev–Trinajstić information content (AvgIpc) is 3.19. The van der Waals surface area contributed by atoms with Crippen LogP contribution in [0, 0.1) is 0 Å². The molecule has 0 saturated heterocycles. The molecule has 2 aromatic carbocycles. The molecule has 0 aliphatic heterocycles. The van der Waals surface area contributed by atoms with Crippen LogP contribution in [-0.4, -0.2) is 22.3 Å². The Kier molecular flexibility index (Phi) is 6.33. The van der Waals surface area contributed by atoms with E-state index in [1.165, 1.54) is 11.8 Å². The van der Waals surface area contributed by atoms with Crippen LogP contribution in [0.15, 0.2) is 70.2 Å². The largest absolute Gasteiger partial charge is 0.289 e. The zero-order valence-electron chi connectivity index (χ0n) is 14.8. The van der Waals surface area contributed by atoms with Crippen molar-refractivity contribution in [2.75, 3.05) is 0 Å². The van der Waals surface area contributed by atoms with Gasteiger partial charge in [-0.05, 0) is 45.6 Å². The van der Waals surface area contributed by atoms with Crippen LogP contribution in [0.3, 0.4) is 0 Å². The van der Waals surface area contributed by atoms with Gasteiger partial charge in [0.15, 0.2) is 0 Å². The summed E-state index contributed by atoms with van der Waals surface area (Å²) in [7, 11) is 0. The summed E-state index contributed by atoms with van der Waals surface area (Å²) in [4.78, 5) is 12.2. The third kappa shape index (κ3) is 5.24. The zero-order chi connectivity index (χ0) is 19.1. The van der Waals surface area contributed by atoms with E-state index in [1.54, 1.807) is 6.07 Å². The van der Waals surface area contributed by atoms with Crippen LogP contribution in [0.4, 0.5) is 0 Å². The molecule has 3 rings (SSSR count). The number of amides is 1. The van der Waals surface area contributed by atoms with Gasteiger partial charge in [-0.15, -0.1) is 0 Å². The molecule has 27 heavy (non-hydrogen) atoms. The van der Waals surface area contributed by atoms with Crippen molar-refractivity contribution in [3.8, 4) is 11.3 Å². The number of aromatic amines is 1. The van der Waals surface area contributed by atoms with Crippen LogP contribution >= 0.6 is 15.9 Å². The van der Waals surface area contributed by atoms with E-state index < -0.39 is 0 Å². The van der Waals surface area contributed by atoms with Gasteiger partial charge < -0.3 is 0 Å². The first kappa shape index (κ1) is 18.8. The van der Waals surface area contributed by atoms with Crippen LogP contribution < -0.4 is 5.43 Å². The Labute approximate surface area is 166 Å². The van der Waals surface area contributed by atoms with Gasteiger partial charge in [0.05, 0.1) is 11.9 Å². The van der Waals surface area contributed by atoms with Gasteiger partial charge in [-0.2, -0.15) is 10.2 Å². The first-order valence-electron chi connectivity index (χ1n) is 8.56. The van der Waals surface area contributed by atoms with Gasteiger partial charge >= 0.3 is 0 Å². The maximum atomic E-state index is 12.2. The molecule has 0 fully saturated rings. The van der Waals surface area contributed by atoms with E-state index in [9.17, 15) is 4.79 Å². The monoisotopic (exact) mass is 422 g/mol. The minimum Gasteiger partial charge on any atom is -0.272 e. The lowest BCUT2D eigenvalue weighted by atomic mass is 10.1. The molecule has 2 N–H and O–H groups in total. The van der Waals surface area contributed by atoms with Crippen LogP contribution in [0.5, 0.6) is 0 Å². The third-order valence-corrected chi connectivity index (χ3v) is 4.37. The Hall–Kier alpha value is -2.99. The van der Waals surface area contributed by atoms with Gasteiger partial charge in [0, 0.05) is 10.0 Å². The van der Waals surface area contributed by atoms with E-state index in [4.69, 9.17) is 0 Å². The van der Waals surface area contributed by atoms with Crippen LogP contribution in [-0.2, 0) is 6.42 Å². The Morgan fingerprint density at radius 2 is 1.93 bits per heavy atom. The van der Waals surface area contributed by atoms with Gasteiger partial charge in [0.2, 0.25) is 0 Å². The molecule has 136 valence electrons. The first-order chi connectivity index (χ1) is 13.2. The SMILES string of the molecule is CCc1ccc(-c2cc(C(=O)N/N=C/C(Br)=C/c3ccccc3)[nH]n2)cc1. The highest BCUT2D eigenvalue weighted by Crippen LogP contribution is 2.18. The Morgan fingerprint density at radius 1 is 1.19 bits per heavy atom. The molecule has 6 heteroatoms. The number of hydrogen-bond donors (Lipinski definition) is 2. The summed E-state index contributed by atoms with van der Waals surface area (Å²) in [6.45, 7) is 2.11. The predicted octanol–water partition coefficient (Wildman–Crippen LogP) is 4.79. The smallest absolute Gasteiger partial charge is 0.272 e. The maximum absolute atomic E-state index is 12.2. The molecule has 0 atom stereocenters. The van der Waals surface area contributed by atoms with Crippen LogP contribution in [0.25, 0.3) is 17.3 Å². The number of aromatic nitrogens is 2. The second kappa shape index (κ2) is 9.09. The van der Waals surface area contributed by atoms with Crippen molar-refractivity contribution in [2.45, 2.75) is 13.3 Å².